The molecule has 0 heterocycles. The van der Waals surface area contributed by atoms with Crippen LogP contribution in [0.25, 0.3) is 5.57 Å². The van der Waals surface area contributed by atoms with Crippen molar-refractivity contribution in [2.24, 2.45) is 0 Å². The van der Waals surface area contributed by atoms with Crippen LogP contribution in [0.15, 0.2) is 59.8 Å². The predicted molar refractivity (Wildman–Crippen MR) is 113 cm³/mol. The topological polar surface area (TPSA) is 0 Å². The van der Waals surface area contributed by atoms with E-state index in [4.69, 9.17) is 0 Å². The minimum Gasteiger partial charge on any atom is -1.00 e. The van der Waals surface area contributed by atoms with E-state index in [2.05, 4.69) is 88.0 Å². The number of allylic oxidation sites excluding steroid dienone is 4. The van der Waals surface area contributed by atoms with Crippen LogP contribution in [0.4, 0.5) is 0 Å². The summed E-state index contributed by atoms with van der Waals surface area (Å²) in [5, 5.41) is 3.18. The number of halogens is 3. The third-order valence-electron chi connectivity index (χ3n) is 5.40. The van der Waals surface area contributed by atoms with Gasteiger partial charge in [-0.15, -0.1) is 23.8 Å². The van der Waals surface area contributed by atoms with E-state index in [1.165, 1.54) is 41.1 Å². The van der Waals surface area contributed by atoms with Crippen molar-refractivity contribution in [3.63, 3.8) is 0 Å². The molecule has 0 nitrogen and oxygen atoms in total. The molecule has 1 aliphatic rings. The van der Waals surface area contributed by atoms with E-state index in [-0.39, 0.29) is 58.9 Å². The molecule has 0 amide bonds. The minimum atomic E-state index is -1.76. The maximum atomic E-state index is 3.66. The second-order valence-electron chi connectivity index (χ2n) is 7.55. The van der Waals surface area contributed by atoms with Gasteiger partial charge in [-0.05, 0) is 13.8 Å². The molecule has 0 radical (unpaired) electrons. The number of hydrogen-bond donors (Lipinski definition) is 0. The molecule has 0 N–H and O–H groups in total. The molecule has 2 aromatic rings. The molecule has 0 aromatic heterocycles. The molecule has 1 atom stereocenters. The van der Waals surface area contributed by atoms with Crippen molar-refractivity contribution >= 4 is 18.8 Å². The Bertz CT molecular complexity index is 798. The summed E-state index contributed by atoms with van der Waals surface area (Å²) in [6.45, 7) is 9.33. The molecule has 0 spiro atoms. The number of unbranched alkanes of at least 4 members (excludes halogenated alkanes) is 1. The predicted octanol–water partition coefficient (Wildman–Crippen LogP) is -2.85. The van der Waals surface area contributed by atoms with Gasteiger partial charge in [0.2, 0.25) is 0 Å². The van der Waals surface area contributed by atoms with Crippen molar-refractivity contribution in [3.8, 4) is 0 Å². The second kappa shape index (κ2) is 13.9. The molecule has 0 saturated carbocycles. The van der Waals surface area contributed by atoms with Gasteiger partial charge in [-0.25, -0.2) is 0 Å². The Morgan fingerprint density at radius 2 is 1.52 bits per heavy atom. The molecule has 0 bridgehead atoms. The Morgan fingerprint density at radius 1 is 0.931 bits per heavy atom. The zero-order valence-electron chi connectivity index (χ0n) is 17.7. The van der Waals surface area contributed by atoms with Crippen LogP contribution in [0, 0.1) is 19.9 Å². The normalized spacial score (nSPS) is 14.1. The van der Waals surface area contributed by atoms with Gasteiger partial charge in [-0.2, -0.15) is 16.8 Å². The summed E-state index contributed by atoms with van der Waals surface area (Å²) in [5.74, 6) is 0. The zero-order valence-corrected chi connectivity index (χ0v) is 22.5. The summed E-state index contributed by atoms with van der Waals surface area (Å²) in [7, 11) is -1.76. The number of rotatable bonds is 6. The van der Waals surface area contributed by atoms with Crippen LogP contribution in [0.5, 0.6) is 0 Å². The van der Waals surface area contributed by atoms with Crippen molar-refractivity contribution in [2.75, 3.05) is 0 Å². The van der Waals surface area contributed by atoms with Crippen LogP contribution < -0.4 is 42.4 Å². The van der Waals surface area contributed by atoms with Gasteiger partial charge in [0.25, 0.3) is 0 Å². The van der Waals surface area contributed by atoms with Gasteiger partial charge in [0.1, 0.15) is 0 Å². The second-order valence-corrected chi connectivity index (χ2v) is 11.8. The minimum absolute atomic E-state index is 0. The molecular formula is C24H29Cl3SiTi. The van der Waals surface area contributed by atoms with E-state index < -0.39 is 8.07 Å². The zero-order chi connectivity index (χ0) is 17.9. The molecule has 2 aromatic carbocycles. The fourth-order valence-electron chi connectivity index (χ4n) is 4.07. The van der Waals surface area contributed by atoms with Gasteiger partial charge in [0.15, 0.2) is 0 Å². The molecule has 154 valence electrons. The van der Waals surface area contributed by atoms with Crippen LogP contribution >= 0.6 is 0 Å². The molecular weight excluding hydrogens is 471 g/mol. The Labute approximate surface area is 211 Å². The maximum Gasteiger partial charge on any atom is 4.00 e. The first kappa shape index (κ1) is 30.9. The molecule has 29 heavy (non-hydrogen) atoms. The SMILES string of the molecule is CCCC[Si](C)(C1=CC[C-]=C1c1ccccc1)c1cc(C)cc(C)c1.[Cl-].[Cl-].[Cl-].[Ti+4]. The Morgan fingerprint density at radius 3 is 2.07 bits per heavy atom. The standard InChI is InChI=1S/C24H29Si.3ClH.Ti/c1-5-6-15-25(4,22-17-19(2)16-20(3)18-22)24-14-10-13-23(24)21-11-8-7-9-12-21;;;;/h7-9,11-12,14,16-18H,5-6,10,15H2,1-4H3;3*1H;/q-1;;;;+4/p-3. The summed E-state index contributed by atoms with van der Waals surface area (Å²) in [5.41, 5.74) is 5.46. The molecule has 5 heteroatoms. The van der Waals surface area contributed by atoms with Gasteiger partial charge >= 0.3 is 21.7 Å². The van der Waals surface area contributed by atoms with Crippen molar-refractivity contribution in [1.29, 1.82) is 0 Å². The maximum absolute atomic E-state index is 3.66. The van der Waals surface area contributed by atoms with Crippen LogP contribution in [-0.2, 0) is 21.7 Å². The summed E-state index contributed by atoms with van der Waals surface area (Å²) < 4.78 is 0. The summed E-state index contributed by atoms with van der Waals surface area (Å²) in [6.07, 6.45) is 9.64. The van der Waals surface area contributed by atoms with Crippen LogP contribution in [-0.4, -0.2) is 8.07 Å². The van der Waals surface area contributed by atoms with Crippen molar-refractivity contribution in [1.82, 2.24) is 0 Å². The molecule has 0 fully saturated rings. The Balaban J connectivity index is 0. The average molecular weight is 500 g/mol. The molecule has 1 aliphatic carbocycles. The van der Waals surface area contributed by atoms with Gasteiger partial charge in [-0.1, -0.05) is 91.5 Å². The average Bonchev–Trinajstić information content (AvgIpc) is 3.10. The third kappa shape index (κ3) is 7.13. The number of hydrogen-bond acceptors (Lipinski definition) is 0. The summed E-state index contributed by atoms with van der Waals surface area (Å²) >= 11 is 0. The van der Waals surface area contributed by atoms with E-state index >= 15 is 0 Å². The molecule has 3 rings (SSSR count). The molecule has 0 saturated heterocycles. The first-order chi connectivity index (χ1) is 12.0. The largest absolute Gasteiger partial charge is 4.00 e. The van der Waals surface area contributed by atoms with Gasteiger partial charge < -0.3 is 37.2 Å². The summed E-state index contributed by atoms with van der Waals surface area (Å²) in [4.78, 5) is 0. The fourth-order valence-corrected chi connectivity index (χ4v) is 8.43. The van der Waals surface area contributed by atoms with Crippen molar-refractivity contribution in [3.05, 3.63) is 82.6 Å². The smallest absolute Gasteiger partial charge is 1.00 e. The fraction of sp³-hybridized carbons (Fsp3) is 0.333. The van der Waals surface area contributed by atoms with E-state index in [0.29, 0.717) is 0 Å². The molecule has 1 unspecified atom stereocenters. The van der Waals surface area contributed by atoms with Gasteiger partial charge in [-0.3, -0.25) is 0 Å². The number of aryl methyl sites for hydroxylation is 2. The quantitative estimate of drug-likeness (QED) is 0.297. The third-order valence-corrected chi connectivity index (χ3v) is 9.96. The van der Waals surface area contributed by atoms with E-state index in [1.807, 2.05) is 0 Å². The van der Waals surface area contributed by atoms with Crippen LogP contribution in [0.2, 0.25) is 12.6 Å². The number of benzene rings is 2. The van der Waals surface area contributed by atoms with E-state index in [9.17, 15) is 0 Å². The van der Waals surface area contributed by atoms with Crippen molar-refractivity contribution in [2.45, 2.75) is 52.6 Å². The van der Waals surface area contributed by atoms with E-state index in [0.717, 1.165) is 6.42 Å². The Kier molecular flexibility index (Phi) is 14.8. The molecule has 0 aliphatic heterocycles. The van der Waals surface area contributed by atoms with E-state index in [1.54, 1.807) is 10.4 Å². The Hall–Kier alpha value is -0.279. The van der Waals surface area contributed by atoms with Gasteiger partial charge in [0, 0.05) is 0 Å². The summed E-state index contributed by atoms with van der Waals surface area (Å²) in [6, 6.07) is 19.3. The first-order valence-electron chi connectivity index (χ1n) is 9.50. The van der Waals surface area contributed by atoms with Gasteiger partial charge in [0.05, 0.1) is 8.07 Å². The monoisotopic (exact) mass is 498 g/mol. The van der Waals surface area contributed by atoms with Crippen LogP contribution in [0.3, 0.4) is 0 Å². The van der Waals surface area contributed by atoms with Crippen molar-refractivity contribution < 1.29 is 58.9 Å². The first-order valence-corrected chi connectivity index (χ1v) is 12.2. The van der Waals surface area contributed by atoms with Crippen LogP contribution in [0.1, 0.15) is 42.9 Å².